The number of allylic oxidation sites excluding steroid dienone is 8. The molecule has 0 aromatic heterocycles. The predicted octanol–water partition coefficient (Wildman–Crippen LogP) is 5.95. The van der Waals surface area contributed by atoms with Gasteiger partial charge in [0.25, 0.3) is 0 Å². The molecule has 0 N–H and O–H groups in total. The van der Waals surface area contributed by atoms with Gasteiger partial charge in [-0.1, -0.05) is 0 Å². The van der Waals surface area contributed by atoms with Crippen LogP contribution in [0.3, 0.4) is 0 Å². The van der Waals surface area contributed by atoms with Gasteiger partial charge in [0.05, 0.1) is 0 Å². The van der Waals surface area contributed by atoms with Gasteiger partial charge >= 0.3 is 145 Å². The summed E-state index contributed by atoms with van der Waals surface area (Å²) in [6, 6.07) is 0. The molecule has 118 valence electrons. The van der Waals surface area contributed by atoms with Gasteiger partial charge in [0.15, 0.2) is 0 Å². The van der Waals surface area contributed by atoms with Gasteiger partial charge in [0, 0.05) is 0 Å². The summed E-state index contributed by atoms with van der Waals surface area (Å²) in [7, 11) is 0. The quantitative estimate of drug-likeness (QED) is 0.308. The van der Waals surface area contributed by atoms with Crippen LogP contribution < -0.4 is 0 Å². The molecule has 0 amide bonds. The minimum absolute atomic E-state index is 0. The van der Waals surface area contributed by atoms with Crippen molar-refractivity contribution < 1.29 is 26.2 Å². The van der Waals surface area contributed by atoms with E-state index in [4.69, 9.17) is 0 Å². The molecule has 0 atom stereocenters. The average molecular weight is 528 g/mol. The minimum atomic E-state index is -1.46. The summed E-state index contributed by atoms with van der Waals surface area (Å²) in [5.41, 5.74) is 0. The summed E-state index contributed by atoms with van der Waals surface area (Å²) in [5.74, 6) is 14.4. The Bertz CT molecular complexity index is 371. The van der Waals surface area contributed by atoms with Crippen molar-refractivity contribution >= 4 is 51.3 Å². The van der Waals surface area contributed by atoms with Crippen LogP contribution in [0.15, 0.2) is 33.1 Å². The fourth-order valence-corrected chi connectivity index (χ4v) is 7.09. The van der Waals surface area contributed by atoms with E-state index < -0.39 is 26.5 Å². The van der Waals surface area contributed by atoms with Crippen LogP contribution in [0.25, 0.3) is 0 Å². The van der Waals surface area contributed by atoms with Crippen molar-refractivity contribution in [2.24, 2.45) is 0 Å². The minimum Gasteiger partial charge on any atom is 2.00 e. The zero-order chi connectivity index (χ0) is 13.8. The summed E-state index contributed by atoms with van der Waals surface area (Å²) < 4.78 is 3.07. The monoisotopic (exact) mass is 528 g/mol. The van der Waals surface area contributed by atoms with Crippen LogP contribution in [0.5, 0.6) is 0 Å². The Morgan fingerprint density at radius 3 is 1.10 bits per heavy atom. The molecule has 0 bridgehead atoms. The van der Waals surface area contributed by atoms with Gasteiger partial charge < -0.3 is 0 Å². The van der Waals surface area contributed by atoms with Gasteiger partial charge in [-0.05, 0) is 0 Å². The molecule has 0 saturated heterocycles. The first-order chi connectivity index (χ1) is 8.21. The Morgan fingerprint density at radius 2 is 1.00 bits per heavy atom. The van der Waals surface area contributed by atoms with Crippen LogP contribution in [0.4, 0.5) is 0 Å². The van der Waals surface area contributed by atoms with Crippen molar-refractivity contribution in [3.8, 4) is 0 Å². The van der Waals surface area contributed by atoms with E-state index >= 15 is 0 Å². The maximum Gasteiger partial charge on any atom is 2.00 e. The third kappa shape index (κ3) is 10.8. The molecule has 21 heavy (non-hydrogen) atoms. The van der Waals surface area contributed by atoms with E-state index in [1.165, 1.54) is 8.81 Å². The topological polar surface area (TPSA) is 0 Å². The fourth-order valence-electron chi connectivity index (χ4n) is 1.84. The molecule has 0 aromatic carbocycles. The third-order valence-corrected chi connectivity index (χ3v) is 11.2. The molecule has 0 nitrogen and oxygen atoms in total. The van der Waals surface area contributed by atoms with E-state index in [0.717, 1.165) is 12.8 Å². The summed E-state index contributed by atoms with van der Waals surface area (Å²) in [5, 5.41) is 0. The molecular weight excluding hydrogens is 500 g/mol. The summed E-state index contributed by atoms with van der Waals surface area (Å²) in [4.78, 5) is 0. The Labute approximate surface area is 168 Å². The predicted molar refractivity (Wildman–Crippen MR) is 102 cm³/mol. The summed E-state index contributed by atoms with van der Waals surface area (Å²) >= 11 is -2.92. The molecule has 0 saturated carbocycles. The average Bonchev–Trinajstić information content (AvgIpc) is 2.91. The SMILES string of the molecule is Cl.Cl.[CH3][Ge]([CH3])([CH3])[C]1=[C-]CC=C1.[CH3][Ge]([CH3])([CH3])[C]1=[C-]CC=C1.[Zr+2]. The van der Waals surface area contributed by atoms with Crippen molar-refractivity contribution in [3.05, 3.63) is 45.3 Å². The first-order valence-electron chi connectivity index (χ1n) is 6.77. The second-order valence-electron chi connectivity index (χ2n) is 6.89. The van der Waals surface area contributed by atoms with E-state index in [1.54, 1.807) is 0 Å². The van der Waals surface area contributed by atoms with Crippen LogP contribution in [0.1, 0.15) is 12.8 Å². The molecule has 2 aliphatic rings. The maximum atomic E-state index is 3.39. The summed E-state index contributed by atoms with van der Waals surface area (Å²) in [6.07, 6.45) is 17.8. The number of halogens is 2. The van der Waals surface area contributed by atoms with Gasteiger partial charge in [-0.2, -0.15) is 0 Å². The van der Waals surface area contributed by atoms with Crippen LogP contribution in [0, 0.1) is 12.2 Å². The van der Waals surface area contributed by atoms with Crippen molar-refractivity contribution in [1.29, 1.82) is 0 Å². The van der Waals surface area contributed by atoms with Crippen molar-refractivity contribution in [1.82, 2.24) is 0 Å². The summed E-state index contributed by atoms with van der Waals surface area (Å²) in [6.45, 7) is 0. The van der Waals surface area contributed by atoms with E-state index in [0.29, 0.717) is 0 Å². The normalized spacial score (nSPS) is 15.7. The molecule has 0 radical (unpaired) electrons. The molecule has 0 fully saturated rings. The standard InChI is InChI=1S/2C8H13Ge.2ClH.Zr/c2*1-9(2,3)8-6-4-5-7-8;;;/h2*4,6H,5H2,1-3H3;2*1H;/q2*-1;;;+2. The van der Waals surface area contributed by atoms with Gasteiger partial charge in [-0.3, -0.25) is 0 Å². The van der Waals surface area contributed by atoms with Gasteiger partial charge in [0.2, 0.25) is 0 Å². The van der Waals surface area contributed by atoms with Crippen LogP contribution in [0.2, 0.25) is 34.5 Å². The van der Waals surface area contributed by atoms with Crippen molar-refractivity contribution in [2.75, 3.05) is 0 Å². The van der Waals surface area contributed by atoms with Gasteiger partial charge in [0.1, 0.15) is 0 Å². The van der Waals surface area contributed by atoms with Crippen molar-refractivity contribution in [3.63, 3.8) is 0 Å². The molecule has 0 unspecified atom stereocenters. The molecular formula is C16H28Cl2Ge2Zr. The molecule has 5 heteroatoms. The second kappa shape index (κ2) is 12.0. The Kier molecular flexibility index (Phi) is 15.6. The Hall–Kier alpha value is 1.51. The smallest absolute Gasteiger partial charge is 2.00 e. The largest absolute Gasteiger partial charge is 2.00 e. The molecule has 0 aliphatic heterocycles. The van der Waals surface area contributed by atoms with Gasteiger partial charge in [-0.15, -0.1) is 24.8 Å². The van der Waals surface area contributed by atoms with Gasteiger partial charge in [-0.25, -0.2) is 0 Å². The second-order valence-corrected chi connectivity index (χ2v) is 28.0. The molecule has 2 rings (SSSR count). The van der Waals surface area contributed by atoms with Crippen LogP contribution >= 0.6 is 24.8 Å². The first-order valence-corrected chi connectivity index (χ1v) is 21.5. The van der Waals surface area contributed by atoms with E-state index in [-0.39, 0.29) is 51.0 Å². The van der Waals surface area contributed by atoms with Crippen LogP contribution in [-0.2, 0) is 26.2 Å². The molecule has 2 aliphatic carbocycles. The molecule has 0 spiro atoms. The molecule has 0 aromatic rings. The first kappa shape index (κ1) is 27.4. The third-order valence-electron chi connectivity index (χ3n) is 3.01. The zero-order valence-electron chi connectivity index (χ0n) is 14.0. The fraction of sp³-hybridized carbons (Fsp3) is 0.500. The Balaban J connectivity index is -0.000000270. The van der Waals surface area contributed by atoms with E-state index in [1.807, 2.05) is 0 Å². The van der Waals surface area contributed by atoms with Crippen LogP contribution in [-0.4, -0.2) is 26.5 Å². The zero-order valence-corrected chi connectivity index (χ0v) is 22.3. The van der Waals surface area contributed by atoms with E-state index in [2.05, 4.69) is 71.0 Å². The number of hydrogen-bond donors (Lipinski definition) is 0. The number of rotatable bonds is 2. The molecule has 0 heterocycles. The maximum absolute atomic E-state index is 3.39. The number of hydrogen-bond acceptors (Lipinski definition) is 0. The van der Waals surface area contributed by atoms with Crippen molar-refractivity contribution in [2.45, 2.75) is 47.4 Å². The Morgan fingerprint density at radius 1 is 0.714 bits per heavy atom. The van der Waals surface area contributed by atoms with E-state index in [9.17, 15) is 0 Å².